The SMILES string of the molecule is CCC(N)C(CCCl)P(=O)(O)O. The number of rotatable bonds is 5. The van der Waals surface area contributed by atoms with Crippen molar-refractivity contribution >= 4 is 19.2 Å². The van der Waals surface area contributed by atoms with Gasteiger partial charge in [-0.1, -0.05) is 6.92 Å². The molecule has 2 unspecified atom stereocenters. The zero-order chi connectivity index (χ0) is 9.78. The number of halogens is 1. The van der Waals surface area contributed by atoms with Crippen LogP contribution in [0, 0.1) is 0 Å². The second-order valence-corrected chi connectivity index (χ2v) is 4.93. The van der Waals surface area contributed by atoms with Crippen LogP contribution in [0.25, 0.3) is 0 Å². The predicted octanol–water partition coefficient (Wildman–Crippen LogP) is 0.899. The van der Waals surface area contributed by atoms with E-state index in [-0.39, 0.29) is 12.3 Å². The van der Waals surface area contributed by atoms with Gasteiger partial charge < -0.3 is 15.5 Å². The van der Waals surface area contributed by atoms with Gasteiger partial charge in [0.25, 0.3) is 0 Å². The summed E-state index contributed by atoms with van der Waals surface area (Å²) in [5.74, 6) is 0.226. The van der Waals surface area contributed by atoms with Crippen LogP contribution in [0.4, 0.5) is 0 Å². The molecule has 0 saturated carbocycles. The maximum Gasteiger partial charge on any atom is 0.330 e. The molecule has 0 saturated heterocycles. The van der Waals surface area contributed by atoms with Crippen LogP contribution in [0.3, 0.4) is 0 Å². The lowest BCUT2D eigenvalue weighted by atomic mass is 10.1. The highest BCUT2D eigenvalue weighted by molar-refractivity contribution is 7.52. The van der Waals surface area contributed by atoms with Crippen LogP contribution < -0.4 is 5.73 Å². The lowest BCUT2D eigenvalue weighted by Crippen LogP contribution is -2.34. The zero-order valence-electron chi connectivity index (χ0n) is 6.98. The molecule has 12 heavy (non-hydrogen) atoms. The van der Waals surface area contributed by atoms with E-state index >= 15 is 0 Å². The molecule has 0 aromatic carbocycles. The number of hydrogen-bond acceptors (Lipinski definition) is 2. The standard InChI is InChI=1S/C6H15ClNO3P/c1-2-5(8)6(3-4-7)12(9,10)11/h5-6H,2-4,8H2,1H3,(H2,9,10,11). The van der Waals surface area contributed by atoms with Gasteiger partial charge >= 0.3 is 7.60 Å². The normalized spacial score (nSPS) is 17.4. The summed E-state index contributed by atoms with van der Waals surface area (Å²) < 4.78 is 10.9. The summed E-state index contributed by atoms with van der Waals surface area (Å²) in [6, 6.07) is -0.468. The van der Waals surface area contributed by atoms with Gasteiger partial charge in [0.2, 0.25) is 0 Å². The summed E-state index contributed by atoms with van der Waals surface area (Å²) in [5, 5.41) is 0. The zero-order valence-corrected chi connectivity index (χ0v) is 8.63. The van der Waals surface area contributed by atoms with Gasteiger partial charge in [-0.15, -0.1) is 11.6 Å². The summed E-state index contributed by atoms with van der Waals surface area (Å²) in [6.07, 6.45) is 0.813. The molecule has 0 amide bonds. The molecule has 0 aromatic rings. The first-order valence-electron chi connectivity index (χ1n) is 3.80. The average Bonchev–Trinajstić information content (AvgIpc) is 1.96. The smallest absolute Gasteiger partial charge is 0.327 e. The van der Waals surface area contributed by atoms with Crippen molar-refractivity contribution in [3.05, 3.63) is 0 Å². The number of hydrogen-bond donors (Lipinski definition) is 3. The Balaban J connectivity index is 4.33. The fraction of sp³-hybridized carbons (Fsp3) is 1.00. The van der Waals surface area contributed by atoms with E-state index in [4.69, 9.17) is 27.1 Å². The minimum atomic E-state index is -4.07. The molecule has 0 bridgehead atoms. The van der Waals surface area contributed by atoms with E-state index in [1.165, 1.54) is 0 Å². The van der Waals surface area contributed by atoms with E-state index < -0.39 is 19.3 Å². The van der Waals surface area contributed by atoms with Gasteiger partial charge in [0.15, 0.2) is 0 Å². The Morgan fingerprint density at radius 1 is 1.58 bits per heavy atom. The van der Waals surface area contributed by atoms with Gasteiger partial charge in [0.05, 0.1) is 5.66 Å². The summed E-state index contributed by atoms with van der Waals surface area (Å²) in [5.41, 5.74) is 4.75. The summed E-state index contributed by atoms with van der Waals surface area (Å²) in [6.45, 7) is 1.79. The van der Waals surface area contributed by atoms with Crippen LogP contribution in [0.15, 0.2) is 0 Å². The van der Waals surface area contributed by atoms with E-state index in [1.54, 1.807) is 6.92 Å². The van der Waals surface area contributed by atoms with Crippen molar-refractivity contribution in [1.82, 2.24) is 0 Å². The van der Waals surface area contributed by atoms with Crippen LogP contribution in [-0.4, -0.2) is 27.4 Å². The lowest BCUT2D eigenvalue weighted by Gasteiger charge is -2.22. The molecule has 6 heteroatoms. The Morgan fingerprint density at radius 3 is 2.33 bits per heavy atom. The first-order chi connectivity index (χ1) is 5.43. The van der Waals surface area contributed by atoms with E-state index in [2.05, 4.69) is 0 Å². The average molecular weight is 216 g/mol. The van der Waals surface area contributed by atoms with Crippen molar-refractivity contribution in [2.24, 2.45) is 5.73 Å². The van der Waals surface area contributed by atoms with E-state index in [0.29, 0.717) is 6.42 Å². The second-order valence-electron chi connectivity index (χ2n) is 2.71. The monoisotopic (exact) mass is 215 g/mol. The molecule has 0 aliphatic rings. The summed E-state index contributed by atoms with van der Waals surface area (Å²) in [7, 11) is -4.07. The maximum absolute atomic E-state index is 10.9. The quantitative estimate of drug-likeness (QED) is 0.470. The van der Waals surface area contributed by atoms with Gasteiger partial charge in [-0.25, -0.2) is 0 Å². The summed E-state index contributed by atoms with van der Waals surface area (Å²) in [4.78, 5) is 17.8. The first kappa shape index (κ1) is 12.4. The van der Waals surface area contributed by atoms with Gasteiger partial charge in [0, 0.05) is 11.9 Å². The number of alkyl halides is 1. The molecule has 0 fully saturated rings. The Bertz CT molecular complexity index is 172. The molecule has 4 N–H and O–H groups in total. The van der Waals surface area contributed by atoms with E-state index in [1.807, 2.05) is 0 Å². The maximum atomic E-state index is 10.9. The van der Waals surface area contributed by atoms with Crippen molar-refractivity contribution in [3.8, 4) is 0 Å². The highest BCUT2D eigenvalue weighted by atomic mass is 35.5. The number of nitrogens with two attached hydrogens (primary N) is 1. The Morgan fingerprint density at radius 2 is 2.08 bits per heavy atom. The van der Waals surface area contributed by atoms with Gasteiger partial charge in [0.1, 0.15) is 0 Å². The lowest BCUT2D eigenvalue weighted by molar-refractivity contribution is 0.344. The first-order valence-corrected chi connectivity index (χ1v) is 6.01. The third-order valence-corrected chi connectivity index (χ3v) is 3.53. The van der Waals surface area contributed by atoms with Crippen LogP contribution in [0.1, 0.15) is 19.8 Å². The molecule has 0 rings (SSSR count). The molecule has 2 atom stereocenters. The second kappa shape index (κ2) is 5.20. The molecular weight excluding hydrogens is 200 g/mol. The minimum absolute atomic E-state index is 0.226. The third-order valence-electron chi connectivity index (χ3n) is 1.80. The van der Waals surface area contributed by atoms with Crippen molar-refractivity contribution in [2.45, 2.75) is 31.5 Å². The van der Waals surface area contributed by atoms with Crippen molar-refractivity contribution in [1.29, 1.82) is 0 Å². The fourth-order valence-corrected chi connectivity index (χ4v) is 2.58. The van der Waals surface area contributed by atoms with Crippen LogP contribution in [0.5, 0.6) is 0 Å². The van der Waals surface area contributed by atoms with Crippen molar-refractivity contribution in [3.63, 3.8) is 0 Å². The molecule has 0 heterocycles. The third kappa shape index (κ3) is 3.87. The minimum Gasteiger partial charge on any atom is -0.327 e. The summed E-state index contributed by atoms with van der Waals surface area (Å²) >= 11 is 5.40. The van der Waals surface area contributed by atoms with Crippen LogP contribution in [0.2, 0.25) is 0 Å². The van der Waals surface area contributed by atoms with Crippen LogP contribution >= 0.6 is 19.2 Å². The Labute approximate surface area is 77.3 Å². The topological polar surface area (TPSA) is 83.6 Å². The van der Waals surface area contributed by atoms with Crippen molar-refractivity contribution < 1.29 is 14.4 Å². The molecule has 4 nitrogen and oxygen atoms in total. The molecule has 0 radical (unpaired) electrons. The molecular formula is C6H15ClNO3P. The Kier molecular flexibility index (Phi) is 5.37. The van der Waals surface area contributed by atoms with Gasteiger partial charge in [-0.05, 0) is 12.8 Å². The van der Waals surface area contributed by atoms with Gasteiger partial charge in [-0.3, -0.25) is 4.57 Å². The fourth-order valence-electron chi connectivity index (χ4n) is 1.02. The molecule has 0 aromatic heterocycles. The van der Waals surface area contributed by atoms with Crippen molar-refractivity contribution in [2.75, 3.05) is 5.88 Å². The van der Waals surface area contributed by atoms with E-state index in [9.17, 15) is 4.57 Å². The van der Waals surface area contributed by atoms with Crippen LogP contribution in [-0.2, 0) is 4.57 Å². The molecule has 0 spiro atoms. The molecule has 0 aliphatic carbocycles. The Hall–Kier alpha value is 0.400. The predicted molar refractivity (Wildman–Crippen MR) is 49.4 cm³/mol. The molecule has 0 aliphatic heterocycles. The highest BCUT2D eigenvalue weighted by Crippen LogP contribution is 2.44. The van der Waals surface area contributed by atoms with E-state index in [0.717, 1.165) is 0 Å². The molecule has 74 valence electrons. The highest BCUT2D eigenvalue weighted by Gasteiger charge is 2.32. The largest absolute Gasteiger partial charge is 0.330 e. The van der Waals surface area contributed by atoms with Gasteiger partial charge in [-0.2, -0.15) is 0 Å².